The summed E-state index contributed by atoms with van der Waals surface area (Å²) in [5.74, 6) is -0.358. The van der Waals surface area contributed by atoms with E-state index in [9.17, 15) is 18.6 Å². The predicted molar refractivity (Wildman–Crippen MR) is 179 cm³/mol. The predicted octanol–water partition coefficient (Wildman–Crippen LogP) is 4.73. The van der Waals surface area contributed by atoms with Gasteiger partial charge in [-0.15, -0.1) is 0 Å². The van der Waals surface area contributed by atoms with Gasteiger partial charge in [0.25, 0.3) is 5.56 Å². The SMILES string of the molecule is [C-]#[N+]c1ccc(S(=O)c2cc(C(=O)CCCOCCOCCOCCOCCNC(=O)CC)c(=O)n(-c3cccc(C)c3)c2C)cc1. The second-order valence-electron chi connectivity index (χ2n) is 10.5. The molecule has 252 valence electrons. The molecule has 0 radical (unpaired) electrons. The van der Waals surface area contributed by atoms with E-state index in [4.69, 9.17) is 25.5 Å². The van der Waals surface area contributed by atoms with Gasteiger partial charge in [-0.2, -0.15) is 0 Å². The van der Waals surface area contributed by atoms with Gasteiger partial charge in [0.2, 0.25) is 5.91 Å². The highest BCUT2D eigenvalue weighted by Crippen LogP contribution is 2.25. The van der Waals surface area contributed by atoms with E-state index in [1.165, 1.54) is 10.6 Å². The van der Waals surface area contributed by atoms with Crippen LogP contribution in [0.1, 0.15) is 47.8 Å². The van der Waals surface area contributed by atoms with E-state index in [-0.39, 0.29) is 23.7 Å². The van der Waals surface area contributed by atoms with E-state index < -0.39 is 16.4 Å². The number of carbonyl (C=O) groups excluding carboxylic acids is 2. The van der Waals surface area contributed by atoms with E-state index in [2.05, 4.69) is 10.2 Å². The first kappa shape index (κ1) is 37.5. The number of Topliss-reactive ketones (excluding diaryl/α,β-unsaturated/α-hetero) is 1. The molecule has 1 amide bonds. The molecule has 1 N–H and O–H groups in total. The van der Waals surface area contributed by atoms with Crippen molar-refractivity contribution in [1.82, 2.24) is 9.88 Å². The first-order valence-electron chi connectivity index (χ1n) is 15.6. The molecule has 3 rings (SSSR count). The quantitative estimate of drug-likeness (QED) is 0.0984. The molecule has 0 aliphatic rings. The highest BCUT2D eigenvalue weighted by atomic mass is 32.2. The van der Waals surface area contributed by atoms with Crippen molar-refractivity contribution in [1.29, 1.82) is 0 Å². The number of amides is 1. The van der Waals surface area contributed by atoms with Crippen LogP contribution in [0.3, 0.4) is 0 Å². The molecular formula is C35H43N3O8S. The minimum Gasteiger partial charge on any atom is -0.379 e. The number of hydrogen-bond donors (Lipinski definition) is 1. The van der Waals surface area contributed by atoms with E-state index in [1.54, 1.807) is 44.2 Å². The summed E-state index contributed by atoms with van der Waals surface area (Å²) in [6.45, 7) is 16.2. The molecule has 0 aliphatic heterocycles. The van der Waals surface area contributed by atoms with Gasteiger partial charge in [-0.25, -0.2) is 9.05 Å². The fourth-order valence-corrected chi connectivity index (χ4v) is 5.76. The van der Waals surface area contributed by atoms with Gasteiger partial charge in [0.05, 0.1) is 74.1 Å². The molecule has 1 atom stereocenters. The summed E-state index contributed by atoms with van der Waals surface area (Å²) < 4.78 is 37.0. The van der Waals surface area contributed by atoms with Gasteiger partial charge in [-0.3, -0.25) is 19.0 Å². The smallest absolute Gasteiger partial charge is 0.266 e. The van der Waals surface area contributed by atoms with E-state index >= 15 is 0 Å². The van der Waals surface area contributed by atoms with Crippen molar-refractivity contribution >= 4 is 28.2 Å². The Morgan fingerprint density at radius 3 is 2.09 bits per heavy atom. The van der Waals surface area contributed by atoms with Gasteiger partial charge in [-0.1, -0.05) is 43.3 Å². The van der Waals surface area contributed by atoms with Crippen LogP contribution in [0.2, 0.25) is 0 Å². The largest absolute Gasteiger partial charge is 0.379 e. The topological polar surface area (TPSA) is 127 Å². The standard InChI is InChI=1S/C35H43N3O8S/c1-5-34(40)37-15-17-44-19-21-46-23-22-45-20-18-43-16-7-10-32(39)31-25-33(47(42)30-13-11-28(36-4)12-14-30)27(3)38(35(31)41)29-9-6-8-26(2)24-29/h6,8-9,11-14,24-25H,5,7,10,15-23H2,1-3H3,(H,37,40). The van der Waals surface area contributed by atoms with E-state index in [1.807, 2.05) is 25.1 Å². The molecule has 0 bridgehead atoms. The molecule has 0 fully saturated rings. The molecule has 1 unspecified atom stereocenters. The third-order valence-corrected chi connectivity index (χ3v) is 8.55. The van der Waals surface area contributed by atoms with Crippen LogP contribution in [-0.4, -0.2) is 79.9 Å². The summed E-state index contributed by atoms with van der Waals surface area (Å²) in [6, 6.07) is 15.2. The van der Waals surface area contributed by atoms with Crippen molar-refractivity contribution in [3.8, 4) is 5.69 Å². The number of carbonyl (C=O) groups is 2. The van der Waals surface area contributed by atoms with Crippen molar-refractivity contribution < 1.29 is 32.7 Å². The molecule has 47 heavy (non-hydrogen) atoms. The molecule has 2 aromatic carbocycles. The lowest BCUT2D eigenvalue weighted by atomic mass is 10.1. The molecule has 3 aromatic rings. The van der Waals surface area contributed by atoms with Crippen LogP contribution >= 0.6 is 0 Å². The number of ether oxygens (including phenoxy) is 4. The zero-order valence-electron chi connectivity index (χ0n) is 27.3. The van der Waals surface area contributed by atoms with Gasteiger partial charge >= 0.3 is 0 Å². The lowest BCUT2D eigenvalue weighted by molar-refractivity contribution is -0.121. The Hall–Kier alpha value is -3.99. The number of benzene rings is 2. The number of nitrogens with one attached hydrogen (secondary N) is 1. The third kappa shape index (κ3) is 12.0. The maximum Gasteiger partial charge on any atom is 0.266 e. The molecule has 1 heterocycles. The van der Waals surface area contributed by atoms with Crippen LogP contribution < -0.4 is 10.9 Å². The minimum atomic E-state index is -1.69. The maximum atomic E-state index is 13.7. The number of ketones is 1. The normalized spacial score (nSPS) is 11.6. The molecule has 11 nitrogen and oxygen atoms in total. The molecule has 0 saturated carbocycles. The van der Waals surface area contributed by atoms with Gasteiger partial charge in [0.15, 0.2) is 11.5 Å². The second kappa shape index (κ2) is 20.3. The van der Waals surface area contributed by atoms with Crippen LogP contribution in [0.5, 0.6) is 0 Å². The Morgan fingerprint density at radius 2 is 1.49 bits per heavy atom. The van der Waals surface area contributed by atoms with Crippen molar-refractivity contribution in [2.75, 3.05) is 59.4 Å². The Bertz CT molecular complexity index is 1600. The lowest BCUT2D eigenvalue weighted by Gasteiger charge is -2.17. The van der Waals surface area contributed by atoms with Crippen molar-refractivity contribution in [3.05, 3.63) is 93.2 Å². The van der Waals surface area contributed by atoms with Crippen LogP contribution in [0.4, 0.5) is 5.69 Å². The Morgan fingerprint density at radius 1 is 0.872 bits per heavy atom. The monoisotopic (exact) mass is 665 g/mol. The Balaban J connectivity index is 1.48. The van der Waals surface area contributed by atoms with Gasteiger partial charge < -0.3 is 24.3 Å². The fourth-order valence-electron chi connectivity index (χ4n) is 4.54. The Labute approximate surface area is 278 Å². The molecule has 0 spiro atoms. The maximum absolute atomic E-state index is 13.7. The van der Waals surface area contributed by atoms with Gasteiger partial charge in [0, 0.05) is 42.3 Å². The van der Waals surface area contributed by atoms with E-state index in [0.29, 0.717) is 99.1 Å². The molecule has 12 heteroatoms. The summed E-state index contributed by atoms with van der Waals surface area (Å²) in [4.78, 5) is 42.3. The summed E-state index contributed by atoms with van der Waals surface area (Å²) in [6.07, 6.45) is 0.939. The fraction of sp³-hybridized carbons (Fsp3) is 0.429. The summed E-state index contributed by atoms with van der Waals surface area (Å²) >= 11 is 0. The molecular weight excluding hydrogens is 622 g/mol. The summed E-state index contributed by atoms with van der Waals surface area (Å²) in [7, 11) is -1.69. The number of aromatic nitrogens is 1. The van der Waals surface area contributed by atoms with Crippen LogP contribution in [0.15, 0.2) is 69.2 Å². The van der Waals surface area contributed by atoms with Crippen LogP contribution in [0, 0.1) is 20.4 Å². The average Bonchev–Trinajstić information content (AvgIpc) is 3.07. The molecule has 0 aliphatic carbocycles. The average molecular weight is 666 g/mol. The third-order valence-electron chi connectivity index (χ3n) is 7.04. The van der Waals surface area contributed by atoms with Crippen LogP contribution in [-0.2, 0) is 34.5 Å². The number of nitrogens with zero attached hydrogens (tertiary/aromatic N) is 2. The second-order valence-corrected chi connectivity index (χ2v) is 12.0. The number of hydrogen-bond acceptors (Lipinski definition) is 8. The van der Waals surface area contributed by atoms with Crippen LogP contribution in [0.25, 0.3) is 10.5 Å². The number of aryl methyl sites for hydroxylation is 1. The number of pyridine rings is 1. The zero-order chi connectivity index (χ0) is 34.0. The Kier molecular flexibility index (Phi) is 16.2. The molecule has 0 saturated heterocycles. The first-order chi connectivity index (χ1) is 22.8. The van der Waals surface area contributed by atoms with Crippen molar-refractivity contribution in [2.24, 2.45) is 0 Å². The van der Waals surface area contributed by atoms with Crippen molar-refractivity contribution in [2.45, 2.75) is 49.8 Å². The van der Waals surface area contributed by atoms with Crippen molar-refractivity contribution in [3.63, 3.8) is 0 Å². The van der Waals surface area contributed by atoms with Gasteiger partial charge in [-0.05, 0) is 44.0 Å². The minimum absolute atomic E-state index is 0.00151. The number of rotatable bonds is 21. The molecule has 1 aromatic heterocycles. The zero-order valence-corrected chi connectivity index (χ0v) is 28.1. The summed E-state index contributed by atoms with van der Waals surface area (Å²) in [5.41, 5.74) is 1.92. The highest BCUT2D eigenvalue weighted by Gasteiger charge is 2.22. The van der Waals surface area contributed by atoms with Gasteiger partial charge in [0.1, 0.15) is 0 Å². The highest BCUT2D eigenvalue weighted by molar-refractivity contribution is 7.85. The summed E-state index contributed by atoms with van der Waals surface area (Å²) in [5, 5.41) is 2.73. The van der Waals surface area contributed by atoms with E-state index in [0.717, 1.165) is 5.56 Å². The lowest BCUT2D eigenvalue weighted by Crippen LogP contribution is -2.28. The first-order valence-corrected chi connectivity index (χ1v) is 16.8.